The van der Waals surface area contributed by atoms with E-state index in [1.165, 1.54) is 25.9 Å². The Morgan fingerprint density at radius 1 is 1.40 bits per heavy atom. The van der Waals surface area contributed by atoms with Crippen LogP contribution in [0.25, 0.3) is 0 Å². The fraction of sp³-hybridized carbons (Fsp3) is 0.938. The van der Waals surface area contributed by atoms with Crippen LogP contribution in [0.5, 0.6) is 0 Å². The third kappa shape index (κ3) is 4.19. The number of carboxylic acids is 1. The second kappa shape index (κ2) is 6.90. The topological polar surface area (TPSA) is 52.6 Å². The maximum Gasteiger partial charge on any atom is 0.323 e. The van der Waals surface area contributed by atoms with Crippen molar-refractivity contribution in [1.82, 2.24) is 10.2 Å². The van der Waals surface area contributed by atoms with Crippen LogP contribution in [-0.4, -0.2) is 47.2 Å². The lowest BCUT2D eigenvalue weighted by atomic mass is 9.89. The molecular weight excluding hydrogens is 252 g/mol. The van der Waals surface area contributed by atoms with Gasteiger partial charge in [-0.05, 0) is 64.0 Å². The first-order valence-electron chi connectivity index (χ1n) is 8.29. The first kappa shape index (κ1) is 15.8. The maximum absolute atomic E-state index is 11.7. The lowest BCUT2D eigenvalue weighted by Crippen LogP contribution is -2.53. The second-order valence-electron chi connectivity index (χ2n) is 6.81. The Bertz CT molecular complexity index is 330. The van der Waals surface area contributed by atoms with Crippen LogP contribution in [0.2, 0.25) is 0 Å². The molecule has 0 bridgehead atoms. The average molecular weight is 282 g/mol. The Balaban J connectivity index is 1.80. The summed E-state index contributed by atoms with van der Waals surface area (Å²) in [6, 6.07) is 0.445. The van der Waals surface area contributed by atoms with Gasteiger partial charge in [-0.1, -0.05) is 13.8 Å². The number of aliphatic carboxylic acids is 1. The number of rotatable bonds is 8. The number of nitrogens with one attached hydrogen (secondary N) is 1. The SMILES string of the molecule is CCC(CCCN1CCCC(C)C1)(NC1CC1)C(=O)O. The summed E-state index contributed by atoms with van der Waals surface area (Å²) < 4.78 is 0. The molecule has 1 saturated heterocycles. The Hall–Kier alpha value is -0.610. The second-order valence-corrected chi connectivity index (χ2v) is 6.81. The summed E-state index contributed by atoms with van der Waals surface area (Å²) in [5.41, 5.74) is -0.692. The van der Waals surface area contributed by atoms with Crippen molar-refractivity contribution < 1.29 is 9.90 Å². The molecule has 2 N–H and O–H groups in total. The lowest BCUT2D eigenvalue weighted by molar-refractivity contribution is -0.145. The summed E-state index contributed by atoms with van der Waals surface area (Å²) in [6.07, 6.45) is 7.31. The maximum atomic E-state index is 11.7. The Morgan fingerprint density at radius 2 is 2.15 bits per heavy atom. The summed E-state index contributed by atoms with van der Waals surface area (Å²) in [5, 5.41) is 13.0. The molecular formula is C16H30N2O2. The molecule has 0 aromatic carbocycles. The highest BCUT2D eigenvalue weighted by atomic mass is 16.4. The van der Waals surface area contributed by atoms with Gasteiger partial charge in [-0.25, -0.2) is 0 Å². The van der Waals surface area contributed by atoms with Gasteiger partial charge in [0.05, 0.1) is 0 Å². The number of nitrogens with zero attached hydrogens (tertiary/aromatic N) is 1. The fourth-order valence-corrected chi connectivity index (χ4v) is 3.38. The smallest absolute Gasteiger partial charge is 0.323 e. The molecule has 2 atom stereocenters. The van der Waals surface area contributed by atoms with E-state index in [2.05, 4.69) is 17.1 Å². The molecule has 0 amide bonds. The largest absolute Gasteiger partial charge is 0.480 e. The van der Waals surface area contributed by atoms with Crippen molar-refractivity contribution >= 4 is 5.97 Å². The molecule has 4 heteroatoms. The molecule has 4 nitrogen and oxygen atoms in total. The number of hydrogen-bond acceptors (Lipinski definition) is 3. The minimum Gasteiger partial charge on any atom is -0.480 e. The van der Waals surface area contributed by atoms with Gasteiger partial charge in [0, 0.05) is 12.6 Å². The van der Waals surface area contributed by atoms with Crippen LogP contribution < -0.4 is 5.32 Å². The number of carboxylic acid groups (broad SMARTS) is 1. The van der Waals surface area contributed by atoms with Gasteiger partial charge in [-0.3, -0.25) is 10.1 Å². The highest BCUT2D eigenvalue weighted by molar-refractivity contribution is 5.78. The van der Waals surface area contributed by atoms with Crippen molar-refractivity contribution in [2.24, 2.45) is 5.92 Å². The molecule has 1 aliphatic carbocycles. The van der Waals surface area contributed by atoms with Crippen LogP contribution in [0, 0.1) is 5.92 Å². The number of carbonyl (C=O) groups is 1. The van der Waals surface area contributed by atoms with Crippen LogP contribution in [0.3, 0.4) is 0 Å². The Kier molecular flexibility index (Phi) is 5.44. The first-order chi connectivity index (χ1) is 9.55. The molecule has 0 aromatic rings. The summed E-state index contributed by atoms with van der Waals surface area (Å²) >= 11 is 0. The van der Waals surface area contributed by atoms with Crippen LogP contribution >= 0.6 is 0 Å². The minimum atomic E-state index is -0.692. The molecule has 2 rings (SSSR count). The molecule has 116 valence electrons. The summed E-state index contributed by atoms with van der Waals surface area (Å²) in [6.45, 7) is 7.72. The zero-order valence-electron chi connectivity index (χ0n) is 13.0. The van der Waals surface area contributed by atoms with Crippen LogP contribution in [0.4, 0.5) is 0 Å². The normalized spacial score (nSPS) is 27.2. The van der Waals surface area contributed by atoms with E-state index in [1.807, 2.05) is 6.92 Å². The van der Waals surface area contributed by atoms with Crippen molar-refractivity contribution in [3.8, 4) is 0 Å². The number of hydrogen-bond donors (Lipinski definition) is 2. The Labute approximate surface area is 122 Å². The van der Waals surface area contributed by atoms with Gasteiger partial charge in [-0.15, -0.1) is 0 Å². The van der Waals surface area contributed by atoms with Gasteiger partial charge in [0.1, 0.15) is 5.54 Å². The van der Waals surface area contributed by atoms with E-state index < -0.39 is 11.5 Å². The quantitative estimate of drug-likeness (QED) is 0.718. The number of likely N-dealkylation sites (tertiary alicyclic amines) is 1. The van der Waals surface area contributed by atoms with E-state index in [-0.39, 0.29) is 0 Å². The predicted octanol–water partition coefficient (Wildman–Crippen LogP) is 2.48. The summed E-state index contributed by atoms with van der Waals surface area (Å²) in [7, 11) is 0. The third-order valence-corrected chi connectivity index (χ3v) is 4.89. The zero-order valence-corrected chi connectivity index (χ0v) is 13.0. The Morgan fingerprint density at radius 3 is 2.70 bits per heavy atom. The van der Waals surface area contributed by atoms with Crippen molar-refractivity contribution in [2.75, 3.05) is 19.6 Å². The standard InChI is InChI=1S/C16H30N2O2/c1-3-16(15(19)20,17-14-7-8-14)9-5-11-18-10-4-6-13(2)12-18/h13-14,17H,3-12H2,1-2H3,(H,19,20). The monoisotopic (exact) mass is 282 g/mol. The minimum absolute atomic E-state index is 0.445. The molecule has 1 heterocycles. The lowest BCUT2D eigenvalue weighted by Gasteiger charge is -2.33. The van der Waals surface area contributed by atoms with E-state index in [0.717, 1.165) is 38.1 Å². The highest BCUT2D eigenvalue weighted by Gasteiger charge is 2.40. The average Bonchev–Trinajstić information content (AvgIpc) is 3.21. The zero-order chi connectivity index (χ0) is 14.6. The molecule has 2 unspecified atom stereocenters. The van der Waals surface area contributed by atoms with Crippen LogP contribution in [0.15, 0.2) is 0 Å². The molecule has 1 saturated carbocycles. The number of piperidine rings is 1. The van der Waals surface area contributed by atoms with Crippen molar-refractivity contribution in [3.05, 3.63) is 0 Å². The van der Waals surface area contributed by atoms with Gasteiger partial charge in [-0.2, -0.15) is 0 Å². The van der Waals surface area contributed by atoms with Crippen molar-refractivity contribution in [3.63, 3.8) is 0 Å². The van der Waals surface area contributed by atoms with E-state index in [9.17, 15) is 9.90 Å². The van der Waals surface area contributed by atoms with Crippen LogP contribution in [-0.2, 0) is 4.79 Å². The van der Waals surface area contributed by atoms with E-state index >= 15 is 0 Å². The van der Waals surface area contributed by atoms with E-state index in [0.29, 0.717) is 12.5 Å². The molecule has 0 spiro atoms. The van der Waals surface area contributed by atoms with Gasteiger partial charge in [0.2, 0.25) is 0 Å². The van der Waals surface area contributed by atoms with Gasteiger partial charge in [0.15, 0.2) is 0 Å². The van der Waals surface area contributed by atoms with E-state index in [4.69, 9.17) is 0 Å². The first-order valence-corrected chi connectivity index (χ1v) is 8.29. The predicted molar refractivity (Wildman–Crippen MR) is 80.9 cm³/mol. The summed E-state index contributed by atoms with van der Waals surface area (Å²) in [5.74, 6) is 0.127. The van der Waals surface area contributed by atoms with Crippen molar-refractivity contribution in [2.45, 2.75) is 70.4 Å². The van der Waals surface area contributed by atoms with Gasteiger partial charge < -0.3 is 10.0 Å². The molecule has 2 aliphatic rings. The summed E-state index contributed by atoms with van der Waals surface area (Å²) in [4.78, 5) is 14.2. The van der Waals surface area contributed by atoms with Gasteiger partial charge >= 0.3 is 5.97 Å². The van der Waals surface area contributed by atoms with E-state index in [1.54, 1.807) is 0 Å². The third-order valence-electron chi connectivity index (χ3n) is 4.89. The highest BCUT2D eigenvalue weighted by Crippen LogP contribution is 2.27. The molecule has 0 aromatic heterocycles. The molecule has 0 radical (unpaired) electrons. The van der Waals surface area contributed by atoms with Gasteiger partial charge in [0.25, 0.3) is 0 Å². The fourth-order valence-electron chi connectivity index (χ4n) is 3.38. The molecule has 1 aliphatic heterocycles. The van der Waals surface area contributed by atoms with Crippen molar-refractivity contribution in [1.29, 1.82) is 0 Å². The molecule has 2 fully saturated rings. The molecule has 20 heavy (non-hydrogen) atoms. The van der Waals surface area contributed by atoms with Crippen LogP contribution in [0.1, 0.15) is 58.8 Å².